The van der Waals surface area contributed by atoms with E-state index in [1.165, 1.54) is 0 Å². The van der Waals surface area contributed by atoms with Crippen LogP contribution in [0.25, 0.3) is 39.3 Å². The number of fused-ring (bicyclic) bond motifs is 2. The predicted molar refractivity (Wildman–Crippen MR) is 113 cm³/mol. The Balaban J connectivity index is 1.67. The molecule has 0 amide bonds. The number of benzene rings is 2. The lowest BCUT2D eigenvalue weighted by Gasteiger charge is -2.14. The van der Waals surface area contributed by atoms with Crippen molar-refractivity contribution in [2.45, 2.75) is 0 Å². The van der Waals surface area contributed by atoms with Gasteiger partial charge in [0.1, 0.15) is 0 Å². The van der Waals surface area contributed by atoms with Crippen LogP contribution < -0.4 is 14.2 Å². The molecule has 3 aromatic heterocycles. The van der Waals surface area contributed by atoms with Gasteiger partial charge in [0.25, 0.3) is 0 Å². The Kier molecular flexibility index (Phi) is 4.24. The average molecular weight is 401 g/mol. The van der Waals surface area contributed by atoms with Crippen LogP contribution in [0, 0.1) is 0 Å². The smallest absolute Gasteiger partial charge is 0.203 e. The largest absolute Gasteiger partial charge is 0.493 e. The summed E-state index contributed by atoms with van der Waals surface area (Å²) >= 11 is 0. The Hall–Kier alpha value is -4.07. The van der Waals surface area contributed by atoms with E-state index in [9.17, 15) is 0 Å². The van der Waals surface area contributed by atoms with Crippen molar-refractivity contribution in [1.29, 1.82) is 0 Å². The second-order valence-corrected chi connectivity index (χ2v) is 6.67. The van der Waals surface area contributed by atoms with Gasteiger partial charge in [-0.05, 0) is 29.7 Å². The molecule has 8 heteroatoms. The van der Waals surface area contributed by atoms with Gasteiger partial charge in [-0.3, -0.25) is 0 Å². The molecule has 30 heavy (non-hydrogen) atoms. The number of rotatable bonds is 5. The number of hydrogen-bond donors (Lipinski definition) is 1. The molecule has 0 fully saturated rings. The van der Waals surface area contributed by atoms with Crippen LogP contribution >= 0.6 is 0 Å². The normalized spacial score (nSPS) is 11.2. The molecule has 0 saturated carbocycles. The van der Waals surface area contributed by atoms with Crippen molar-refractivity contribution in [3.63, 3.8) is 0 Å². The fourth-order valence-electron chi connectivity index (χ4n) is 3.53. The highest BCUT2D eigenvalue weighted by Gasteiger charge is 2.18. The van der Waals surface area contributed by atoms with Crippen LogP contribution in [0.4, 0.5) is 0 Å². The molecular weight excluding hydrogens is 382 g/mol. The second-order valence-electron chi connectivity index (χ2n) is 6.67. The fourth-order valence-corrected chi connectivity index (χ4v) is 3.53. The van der Waals surface area contributed by atoms with Crippen molar-refractivity contribution in [3.05, 3.63) is 54.9 Å². The first-order valence-electron chi connectivity index (χ1n) is 9.31. The van der Waals surface area contributed by atoms with Crippen LogP contribution in [0.15, 0.2) is 54.9 Å². The van der Waals surface area contributed by atoms with Gasteiger partial charge in [0.15, 0.2) is 28.8 Å². The molecule has 0 atom stereocenters. The summed E-state index contributed by atoms with van der Waals surface area (Å²) in [4.78, 5) is 12.4. The molecule has 0 saturated heterocycles. The highest BCUT2D eigenvalue weighted by molar-refractivity contribution is 5.83. The Morgan fingerprint density at radius 3 is 2.40 bits per heavy atom. The molecule has 0 bridgehead atoms. The molecule has 5 aromatic rings. The van der Waals surface area contributed by atoms with Crippen molar-refractivity contribution < 1.29 is 14.2 Å². The molecule has 1 N–H and O–H groups in total. The second kappa shape index (κ2) is 7.07. The van der Waals surface area contributed by atoms with Crippen molar-refractivity contribution in [3.8, 4) is 40.0 Å². The van der Waals surface area contributed by atoms with Crippen LogP contribution in [0.3, 0.4) is 0 Å². The number of aromatic amines is 1. The maximum absolute atomic E-state index is 5.48. The van der Waals surface area contributed by atoms with Crippen LogP contribution in [-0.4, -0.2) is 45.9 Å². The Bertz CT molecular complexity index is 1350. The highest BCUT2D eigenvalue weighted by atomic mass is 16.5. The summed E-state index contributed by atoms with van der Waals surface area (Å²) in [5, 5.41) is 5.86. The minimum Gasteiger partial charge on any atom is -0.493 e. The van der Waals surface area contributed by atoms with E-state index in [4.69, 9.17) is 19.3 Å². The first kappa shape index (κ1) is 18.0. The third-order valence-electron chi connectivity index (χ3n) is 4.99. The summed E-state index contributed by atoms with van der Waals surface area (Å²) in [7, 11) is 4.74. The van der Waals surface area contributed by atoms with Crippen LogP contribution in [-0.2, 0) is 0 Å². The molecule has 0 aliphatic rings. The van der Waals surface area contributed by atoms with Gasteiger partial charge in [0, 0.05) is 35.1 Å². The summed E-state index contributed by atoms with van der Waals surface area (Å²) in [6, 6.07) is 13.6. The van der Waals surface area contributed by atoms with Crippen LogP contribution in [0.5, 0.6) is 17.2 Å². The number of ether oxygens (including phenoxy) is 3. The van der Waals surface area contributed by atoms with Gasteiger partial charge in [-0.25, -0.2) is 9.97 Å². The zero-order chi connectivity index (χ0) is 20.7. The molecule has 5 rings (SSSR count). The Morgan fingerprint density at radius 2 is 1.67 bits per heavy atom. The van der Waals surface area contributed by atoms with Crippen LogP contribution in [0.1, 0.15) is 0 Å². The van der Waals surface area contributed by atoms with Crippen molar-refractivity contribution in [2.75, 3.05) is 21.3 Å². The molecule has 150 valence electrons. The highest BCUT2D eigenvalue weighted by Crippen LogP contribution is 2.40. The molecular formula is C22H19N5O3. The average Bonchev–Trinajstić information content (AvgIpc) is 3.43. The van der Waals surface area contributed by atoms with Gasteiger partial charge in [-0.15, -0.1) is 5.10 Å². The first-order valence-corrected chi connectivity index (χ1v) is 9.31. The maximum Gasteiger partial charge on any atom is 0.203 e. The van der Waals surface area contributed by atoms with E-state index in [2.05, 4.69) is 15.0 Å². The van der Waals surface area contributed by atoms with Crippen molar-refractivity contribution in [2.24, 2.45) is 0 Å². The SMILES string of the molecule is COc1cc(-c2nccc3nc(-c4ccc5cc[nH]c5c4)nn23)cc(OC)c1OC. The first-order chi connectivity index (χ1) is 14.7. The molecule has 8 nitrogen and oxygen atoms in total. The van der Waals surface area contributed by atoms with E-state index in [0.717, 1.165) is 22.0 Å². The third-order valence-corrected chi connectivity index (χ3v) is 4.99. The molecule has 0 aliphatic carbocycles. The third kappa shape index (κ3) is 2.81. The summed E-state index contributed by atoms with van der Waals surface area (Å²) < 4.78 is 18.1. The lowest BCUT2D eigenvalue weighted by atomic mass is 10.1. The molecule has 0 radical (unpaired) electrons. The Morgan fingerprint density at radius 1 is 0.867 bits per heavy atom. The van der Waals surface area contributed by atoms with Gasteiger partial charge < -0.3 is 19.2 Å². The quantitative estimate of drug-likeness (QED) is 0.480. The zero-order valence-electron chi connectivity index (χ0n) is 16.7. The van der Waals surface area contributed by atoms with E-state index in [-0.39, 0.29) is 0 Å². The molecule has 0 unspecified atom stereocenters. The number of hydrogen-bond acceptors (Lipinski definition) is 6. The Labute approximate surface area is 172 Å². The monoisotopic (exact) mass is 401 g/mol. The van der Waals surface area contributed by atoms with Crippen molar-refractivity contribution in [1.82, 2.24) is 24.6 Å². The van der Waals surface area contributed by atoms with Crippen molar-refractivity contribution >= 4 is 16.6 Å². The fraction of sp³-hybridized carbons (Fsp3) is 0.136. The number of nitrogens with zero attached hydrogens (tertiary/aromatic N) is 4. The number of aromatic nitrogens is 5. The van der Waals surface area contributed by atoms with E-state index in [1.54, 1.807) is 32.0 Å². The van der Waals surface area contributed by atoms with Gasteiger partial charge in [0.2, 0.25) is 5.75 Å². The van der Waals surface area contributed by atoms with E-state index < -0.39 is 0 Å². The summed E-state index contributed by atoms with van der Waals surface area (Å²) in [6.45, 7) is 0. The molecule has 0 aliphatic heterocycles. The predicted octanol–water partition coefficient (Wildman–Crippen LogP) is 3.97. The van der Waals surface area contributed by atoms with Crippen LogP contribution in [0.2, 0.25) is 0 Å². The van der Waals surface area contributed by atoms with Gasteiger partial charge >= 0.3 is 0 Å². The minimum absolute atomic E-state index is 0.523. The van der Waals surface area contributed by atoms with E-state index in [0.29, 0.717) is 34.5 Å². The summed E-state index contributed by atoms with van der Waals surface area (Å²) in [6.07, 6.45) is 3.62. The number of H-pyrrole nitrogens is 1. The summed E-state index contributed by atoms with van der Waals surface area (Å²) in [5.41, 5.74) is 3.42. The molecule has 3 heterocycles. The number of methoxy groups -OCH3 is 3. The summed E-state index contributed by atoms with van der Waals surface area (Å²) in [5.74, 6) is 2.85. The van der Waals surface area contributed by atoms with Gasteiger partial charge in [-0.2, -0.15) is 4.52 Å². The van der Waals surface area contributed by atoms with Gasteiger partial charge in [0.05, 0.1) is 21.3 Å². The maximum atomic E-state index is 5.48. The van der Waals surface area contributed by atoms with E-state index in [1.807, 2.05) is 48.7 Å². The van der Waals surface area contributed by atoms with Gasteiger partial charge in [-0.1, -0.05) is 12.1 Å². The lowest BCUT2D eigenvalue weighted by Crippen LogP contribution is -2.00. The standard InChI is InChI=1S/C22H19N5O3/c1-28-17-11-15(12-18(29-2)20(17)30-3)22-24-9-7-19-25-21(26-27(19)22)14-5-4-13-6-8-23-16(13)10-14/h4-12,23H,1-3H3. The minimum atomic E-state index is 0.523. The van der Waals surface area contributed by atoms with E-state index >= 15 is 0 Å². The molecule has 2 aromatic carbocycles. The number of nitrogens with one attached hydrogen (secondary N) is 1. The zero-order valence-corrected chi connectivity index (χ0v) is 16.7. The topological polar surface area (TPSA) is 86.6 Å². The lowest BCUT2D eigenvalue weighted by molar-refractivity contribution is 0.324. The molecule has 0 spiro atoms.